The Morgan fingerprint density at radius 2 is 2.11 bits per heavy atom. The number of carbonyl (C=O) groups excluding carboxylic acids is 1. The Morgan fingerprint density at radius 3 is 2.78 bits per heavy atom. The number of amides is 1. The number of aliphatic hydroxyl groups excluding tert-OH is 1. The number of hydrogen-bond donors (Lipinski definition) is 2. The molecule has 0 saturated carbocycles. The van der Waals surface area contributed by atoms with Gasteiger partial charge in [-0.3, -0.25) is 9.78 Å². The number of pyridine rings is 1. The summed E-state index contributed by atoms with van der Waals surface area (Å²) in [5.74, 6) is -0.307. The third-order valence-electron chi connectivity index (χ3n) is 5.48. The van der Waals surface area contributed by atoms with Gasteiger partial charge in [0, 0.05) is 43.2 Å². The van der Waals surface area contributed by atoms with Crippen LogP contribution in [-0.2, 0) is 16.1 Å². The molecule has 1 aliphatic heterocycles. The van der Waals surface area contributed by atoms with Crippen LogP contribution in [0.15, 0.2) is 72.0 Å². The molecule has 3 rings (SSSR count). The minimum atomic E-state index is -1.07. The number of nitrogens with zero attached hydrogens (tertiary/aromatic N) is 4. The number of benzodiazepines with no additional fused rings is 1. The van der Waals surface area contributed by atoms with Crippen LogP contribution in [0.25, 0.3) is 0 Å². The lowest BCUT2D eigenvalue weighted by Gasteiger charge is -2.30. The zero-order valence-corrected chi connectivity index (χ0v) is 22.1. The number of carbonyl (C=O) groups is 1. The molecule has 2 unspecified atom stereocenters. The normalized spacial score (nSPS) is 16.2. The number of nitrogens with one attached hydrogen (secondary N) is 1. The summed E-state index contributed by atoms with van der Waals surface area (Å²) >= 11 is 12.0. The Labute approximate surface area is 221 Å². The molecule has 2 aromatic rings. The molecular formula is C26H30ClN5O3S. The fourth-order valence-corrected chi connectivity index (χ4v) is 4.17. The second-order valence-corrected chi connectivity index (χ2v) is 8.88. The van der Waals surface area contributed by atoms with Gasteiger partial charge in [-0.1, -0.05) is 30.3 Å². The van der Waals surface area contributed by atoms with Gasteiger partial charge in [0.25, 0.3) is 5.91 Å². The first-order valence-corrected chi connectivity index (χ1v) is 12.2. The van der Waals surface area contributed by atoms with Gasteiger partial charge in [0.15, 0.2) is 11.4 Å². The summed E-state index contributed by atoms with van der Waals surface area (Å²) in [6.07, 6.45) is 4.93. The van der Waals surface area contributed by atoms with Crippen molar-refractivity contribution in [1.29, 1.82) is 0 Å². The van der Waals surface area contributed by atoms with E-state index in [1.54, 1.807) is 49.5 Å². The number of ether oxygens (including phenoxy) is 1. The number of thiocarbonyl (C=S) groups is 1. The lowest BCUT2D eigenvalue weighted by Crippen LogP contribution is -2.51. The maximum absolute atomic E-state index is 13.5. The van der Waals surface area contributed by atoms with Crippen LogP contribution < -0.4 is 10.2 Å². The monoisotopic (exact) mass is 527 g/mol. The van der Waals surface area contributed by atoms with Crippen LogP contribution in [0.4, 0.5) is 5.69 Å². The number of aliphatic imine (C=N–C) groups is 1. The average Bonchev–Trinajstić information content (AvgIpc) is 2.95. The lowest BCUT2D eigenvalue weighted by atomic mass is 10.0. The van der Waals surface area contributed by atoms with E-state index < -0.39 is 12.5 Å². The van der Waals surface area contributed by atoms with Crippen molar-refractivity contribution in [2.45, 2.75) is 32.8 Å². The number of fused-ring (bicyclic) bond motifs is 1. The molecule has 0 saturated heterocycles. The van der Waals surface area contributed by atoms with Crippen LogP contribution in [0, 0.1) is 0 Å². The first-order valence-electron chi connectivity index (χ1n) is 11.5. The Bertz CT molecular complexity index is 1170. The maximum Gasteiger partial charge on any atom is 0.272 e. The predicted molar refractivity (Wildman–Crippen MR) is 147 cm³/mol. The number of hydrogen-bond acceptors (Lipinski definition) is 6. The molecule has 0 bridgehead atoms. The molecule has 2 N–H and O–H groups in total. The summed E-state index contributed by atoms with van der Waals surface area (Å²) in [4.78, 5) is 25.5. The highest BCUT2D eigenvalue weighted by molar-refractivity contribution is 7.80. The van der Waals surface area contributed by atoms with Gasteiger partial charge in [0.2, 0.25) is 6.17 Å². The van der Waals surface area contributed by atoms with Crippen LogP contribution in [0.1, 0.15) is 25.0 Å². The molecule has 1 aromatic carbocycles. The van der Waals surface area contributed by atoms with Crippen LogP contribution in [0.3, 0.4) is 0 Å². The van der Waals surface area contributed by atoms with Crippen molar-refractivity contribution in [1.82, 2.24) is 15.2 Å². The standard InChI is InChI=1S/C26H30ClN5O3S/c1-5-7-17(3)23-20-14-19(27)8-9-21(20)31(4)25(34)24(29-23)30-26(36)32(16-22(33)35-6-2)15-18-10-12-28-13-11-18/h5,7-14,22,24,33H,3,6,15-16H2,1-2,4H3,(H,30,36)/b7-5-. The number of allylic oxidation sites excluding steroid dienone is 3. The molecule has 0 radical (unpaired) electrons. The van der Waals surface area contributed by atoms with Gasteiger partial charge in [0.05, 0.1) is 17.9 Å². The molecule has 0 fully saturated rings. The van der Waals surface area contributed by atoms with Gasteiger partial charge >= 0.3 is 0 Å². The molecular weight excluding hydrogens is 498 g/mol. The van der Waals surface area contributed by atoms with Crippen molar-refractivity contribution in [2.24, 2.45) is 4.99 Å². The van der Waals surface area contributed by atoms with E-state index in [9.17, 15) is 9.90 Å². The number of anilines is 1. The van der Waals surface area contributed by atoms with Crippen LogP contribution in [0.5, 0.6) is 0 Å². The van der Waals surface area contributed by atoms with E-state index in [0.29, 0.717) is 40.7 Å². The third kappa shape index (κ3) is 6.76. The second kappa shape index (κ2) is 12.7. The van der Waals surface area contributed by atoms with Gasteiger partial charge < -0.3 is 25.0 Å². The van der Waals surface area contributed by atoms with E-state index in [1.165, 1.54) is 4.90 Å². The van der Waals surface area contributed by atoms with Crippen molar-refractivity contribution in [2.75, 3.05) is 25.1 Å². The molecule has 10 heteroatoms. The number of aromatic nitrogens is 1. The number of aliphatic hydroxyl groups is 1. The van der Waals surface area contributed by atoms with E-state index in [1.807, 2.05) is 31.2 Å². The summed E-state index contributed by atoms with van der Waals surface area (Å²) in [5.41, 5.74) is 3.43. The number of rotatable bonds is 9. The zero-order valence-electron chi connectivity index (χ0n) is 20.5. The number of benzene rings is 1. The maximum atomic E-state index is 13.5. The van der Waals surface area contributed by atoms with E-state index >= 15 is 0 Å². The lowest BCUT2D eigenvalue weighted by molar-refractivity contribution is -0.119. The summed E-state index contributed by atoms with van der Waals surface area (Å²) in [6, 6.07) is 8.98. The molecule has 1 aromatic heterocycles. The highest BCUT2D eigenvalue weighted by Crippen LogP contribution is 2.30. The molecule has 1 aliphatic rings. The highest BCUT2D eigenvalue weighted by Gasteiger charge is 2.31. The molecule has 190 valence electrons. The molecule has 36 heavy (non-hydrogen) atoms. The van der Waals surface area contributed by atoms with Crippen molar-refractivity contribution in [3.63, 3.8) is 0 Å². The summed E-state index contributed by atoms with van der Waals surface area (Å²) in [6.45, 7) is 8.62. The van der Waals surface area contributed by atoms with E-state index in [0.717, 1.165) is 5.56 Å². The average molecular weight is 528 g/mol. The molecule has 2 atom stereocenters. The minimum absolute atomic E-state index is 0.0937. The molecule has 1 amide bonds. The first kappa shape index (κ1) is 27.5. The topological polar surface area (TPSA) is 90.3 Å². The number of likely N-dealkylation sites (N-methyl/N-ethyl adjacent to an activating group) is 1. The van der Waals surface area contributed by atoms with E-state index in [4.69, 9.17) is 33.5 Å². The van der Waals surface area contributed by atoms with Gasteiger partial charge in [-0.05, 0) is 67.5 Å². The Balaban J connectivity index is 1.96. The van der Waals surface area contributed by atoms with Crippen LogP contribution >= 0.6 is 23.8 Å². The van der Waals surface area contributed by atoms with Crippen LogP contribution in [-0.4, -0.2) is 64.4 Å². The Morgan fingerprint density at radius 1 is 1.39 bits per heavy atom. The molecule has 0 spiro atoms. The van der Waals surface area contributed by atoms with Gasteiger partial charge in [-0.2, -0.15) is 0 Å². The Hall–Kier alpha value is -3.11. The largest absolute Gasteiger partial charge is 0.366 e. The minimum Gasteiger partial charge on any atom is -0.366 e. The molecule has 8 nitrogen and oxygen atoms in total. The fraction of sp³-hybridized carbons (Fsp3) is 0.308. The van der Waals surface area contributed by atoms with E-state index in [2.05, 4.69) is 16.9 Å². The zero-order chi connectivity index (χ0) is 26.2. The van der Waals surface area contributed by atoms with Gasteiger partial charge in [-0.15, -0.1) is 0 Å². The fourth-order valence-electron chi connectivity index (χ4n) is 3.75. The predicted octanol–water partition coefficient (Wildman–Crippen LogP) is 3.69. The highest BCUT2D eigenvalue weighted by atomic mass is 35.5. The summed E-state index contributed by atoms with van der Waals surface area (Å²) in [5, 5.41) is 14.1. The summed E-state index contributed by atoms with van der Waals surface area (Å²) in [7, 11) is 1.68. The van der Waals surface area contributed by atoms with Crippen molar-refractivity contribution in [3.8, 4) is 0 Å². The van der Waals surface area contributed by atoms with Crippen molar-refractivity contribution in [3.05, 3.63) is 83.2 Å². The van der Waals surface area contributed by atoms with Crippen LogP contribution in [0.2, 0.25) is 5.02 Å². The quantitative estimate of drug-likeness (QED) is 0.292. The molecule has 0 aliphatic carbocycles. The summed E-state index contributed by atoms with van der Waals surface area (Å²) < 4.78 is 5.32. The molecule has 2 heterocycles. The smallest absolute Gasteiger partial charge is 0.272 e. The third-order valence-corrected chi connectivity index (χ3v) is 6.09. The SMILES string of the molecule is C=C(/C=C\C)C1=NC(NC(=S)N(Cc2ccncc2)CC(O)OCC)C(=O)N(C)c2ccc(Cl)cc21. The van der Waals surface area contributed by atoms with Gasteiger partial charge in [-0.25, -0.2) is 4.99 Å². The first-order chi connectivity index (χ1) is 17.2. The number of halogens is 1. The van der Waals surface area contributed by atoms with Gasteiger partial charge in [0.1, 0.15) is 0 Å². The van der Waals surface area contributed by atoms with E-state index in [-0.39, 0.29) is 17.6 Å². The Kier molecular flexibility index (Phi) is 9.72. The van der Waals surface area contributed by atoms with Crippen molar-refractivity contribution < 1.29 is 14.6 Å². The second-order valence-electron chi connectivity index (χ2n) is 8.06. The van der Waals surface area contributed by atoms with Crippen molar-refractivity contribution >= 4 is 46.2 Å².